The zero-order chi connectivity index (χ0) is 24.1. The number of likely N-dealkylation sites (tertiary alicyclic amines) is 1. The van der Waals surface area contributed by atoms with Crippen molar-refractivity contribution in [3.63, 3.8) is 0 Å². The molecule has 1 aliphatic heterocycles. The summed E-state index contributed by atoms with van der Waals surface area (Å²) in [5.74, 6) is -0.204. The minimum Gasteiger partial charge on any atom is -0.351 e. The van der Waals surface area contributed by atoms with Gasteiger partial charge in [0.25, 0.3) is 11.8 Å². The summed E-state index contributed by atoms with van der Waals surface area (Å²) in [6.45, 7) is 3.04. The van der Waals surface area contributed by atoms with E-state index in [0.717, 1.165) is 31.2 Å². The molecular weight excluding hydrogens is 450 g/mol. The van der Waals surface area contributed by atoms with E-state index in [1.807, 2.05) is 31.2 Å². The molecule has 1 saturated heterocycles. The first kappa shape index (κ1) is 24.3. The molecule has 180 valence electrons. The van der Waals surface area contributed by atoms with Gasteiger partial charge in [-0.3, -0.25) is 14.4 Å². The molecule has 2 fully saturated rings. The Morgan fingerprint density at radius 1 is 0.853 bits per heavy atom. The number of carbonyl (C=O) groups excluding carboxylic acids is 3. The summed E-state index contributed by atoms with van der Waals surface area (Å²) in [5, 5.41) is 6.98. The highest BCUT2D eigenvalue weighted by atomic mass is 35.5. The van der Waals surface area contributed by atoms with E-state index in [-0.39, 0.29) is 35.7 Å². The van der Waals surface area contributed by atoms with Crippen molar-refractivity contribution in [3.8, 4) is 0 Å². The standard InChI is InChI=1S/C27H32ClN3O3/c1-18-6-2-3-7-22(18)26(33)30-24-9-5-4-8-23(24)29-25(32)19-14-16-31(17-15-19)27(34)20-10-12-21(28)13-11-20/h2-3,6-7,10-13,19,23-24H,4-5,8-9,14-17H2,1H3,(H,29,32)(H,30,33)/t23-,24-/m1/s1. The van der Waals surface area contributed by atoms with Crippen molar-refractivity contribution in [2.45, 2.75) is 57.5 Å². The molecule has 6 nitrogen and oxygen atoms in total. The van der Waals surface area contributed by atoms with Crippen molar-refractivity contribution in [2.24, 2.45) is 5.92 Å². The molecule has 1 heterocycles. The third-order valence-electron chi connectivity index (χ3n) is 7.04. The lowest BCUT2D eigenvalue weighted by atomic mass is 9.88. The molecule has 1 aliphatic carbocycles. The fourth-order valence-corrected chi connectivity index (χ4v) is 5.10. The van der Waals surface area contributed by atoms with Gasteiger partial charge in [0.15, 0.2) is 0 Å². The van der Waals surface area contributed by atoms with Crippen molar-refractivity contribution >= 4 is 29.3 Å². The number of rotatable bonds is 5. The number of carbonyl (C=O) groups is 3. The molecular formula is C27H32ClN3O3. The van der Waals surface area contributed by atoms with Crippen LogP contribution < -0.4 is 10.6 Å². The van der Waals surface area contributed by atoms with E-state index in [2.05, 4.69) is 10.6 Å². The van der Waals surface area contributed by atoms with Crippen molar-refractivity contribution in [1.29, 1.82) is 0 Å². The van der Waals surface area contributed by atoms with E-state index in [0.29, 0.717) is 42.1 Å². The molecule has 34 heavy (non-hydrogen) atoms. The number of nitrogens with zero attached hydrogens (tertiary/aromatic N) is 1. The molecule has 2 aromatic carbocycles. The number of halogens is 1. The van der Waals surface area contributed by atoms with Crippen LogP contribution in [0.4, 0.5) is 0 Å². The van der Waals surface area contributed by atoms with Crippen LogP contribution in [0.25, 0.3) is 0 Å². The zero-order valence-electron chi connectivity index (χ0n) is 19.6. The molecule has 3 amide bonds. The average Bonchev–Trinajstić information content (AvgIpc) is 2.85. The summed E-state index contributed by atoms with van der Waals surface area (Å²) in [5.41, 5.74) is 2.23. The molecule has 0 spiro atoms. The number of amides is 3. The quantitative estimate of drug-likeness (QED) is 0.666. The Hall–Kier alpha value is -2.86. The first-order chi connectivity index (χ1) is 16.4. The number of hydrogen-bond acceptors (Lipinski definition) is 3. The lowest BCUT2D eigenvalue weighted by Crippen LogP contribution is -2.55. The molecule has 1 saturated carbocycles. The molecule has 0 unspecified atom stereocenters. The van der Waals surface area contributed by atoms with Crippen molar-refractivity contribution in [1.82, 2.24) is 15.5 Å². The molecule has 2 aliphatic rings. The van der Waals surface area contributed by atoms with E-state index in [1.165, 1.54) is 0 Å². The summed E-state index contributed by atoms with van der Waals surface area (Å²) < 4.78 is 0. The largest absolute Gasteiger partial charge is 0.351 e. The summed E-state index contributed by atoms with van der Waals surface area (Å²) in [6.07, 6.45) is 5.07. The normalized spacial score (nSPS) is 21.1. The Bertz CT molecular complexity index is 1030. The van der Waals surface area contributed by atoms with Crippen LogP contribution in [0.3, 0.4) is 0 Å². The Morgan fingerprint density at radius 3 is 2.12 bits per heavy atom. The number of nitrogens with one attached hydrogen (secondary N) is 2. The van der Waals surface area contributed by atoms with Gasteiger partial charge < -0.3 is 15.5 Å². The molecule has 2 atom stereocenters. The van der Waals surface area contributed by atoms with Gasteiger partial charge in [-0.1, -0.05) is 42.6 Å². The van der Waals surface area contributed by atoms with Gasteiger partial charge in [0.1, 0.15) is 0 Å². The van der Waals surface area contributed by atoms with Crippen molar-refractivity contribution in [2.75, 3.05) is 13.1 Å². The Balaban J connectivity index is 1.31. The van der Waals surface area contributed by atoms with Crippen LogP contribution >= 0.6 is 11.6 Å². The third-order valence-corrected chi connectivity index (χ3v) is 7.30. The Kier molecular flexibility index (Phi) is 7.88. The smallest absolute Gasteiger partial charge is 0.253 e. The predicted molar refractivity (Wildman–Crippen MR) is 133 cm³/mol. The van der Waals surface area contributed by atoms with Gasteiger partial charge in [-0.25, -0.2) is 0 Å². The van der Waals surface area contributed by atoms with E-state index in [9.17, 15) is 14.4 Å². The van der Waals surface area contributed by atoms with Crippen LogP contribution in [0.1, 0.15) is 64.8 Å². The van der Waals surface area contributed by atoms with E-state index in [1.54, 1.807) is 29.2 Å². The minimum absolute atomic E-state index is 0.0261. The van der Waals surface area contributed by atoms with E-state index < -0.39 is 0 Å². The Morgan fingerprint density at radius 2 is 1.47 bits per heavy atom. The highest BCUT2D eigenvalue weighted by molar-refractivity contribution is 6.30. The lowest BCUT2D eigenvalue weighted by molar-refractivity contribution is -0.127. The molecule has 0 aromatic heterocycles. The maximum Gasteiger partial charge on any atom is 0.253 e. The minimum atomic E-state index is -0.121. The van der Waals surface area contributed by atoms with Gasteiger partial charge in [0, 0.05) is 47.2 Å². The SMILES string of the molecule is Cc1ccccc1C(=O)N[C@@H]1CCCC[C@H]1NC(=O)C1CCN(C(=O)c2ccc(Cl)cc2)CC1. The summed E-state index contributed by atoms with van der Waals surface area (Å²) >= 11 is 5.92. The van der Waals surface area contributed by atoms with Gasteiger partial charge in [-0.05, 0) is 68.5 Å². The van der Waals surface area contributed by atoms with Crippen LogP contribution in [-0.4, -0.2) is 47.8 Å². The van der Waals surface area contributed by atoms with Crippen molar-refractivity contribution < 1.29 is 14.4 Å². The molecule has 7 heteroatoms. The lowest BCUT2D eigenvalue weighted by Gasteiger charge is -2.36. The molecule has 2 N–H and O–H groups in total. The third kappa shape index (κ3) is 5.79. The highest BCUT2D eigenvalue weighted by Gasteiger charge is 2.32. The molecule has 0 bridgehead atoms. The van der Waals surface area contributed by atoms with Crippen molar-refractivity contribution in [3.05, 3.63) is 70.2 Å². The van der Waals surface area contributed by atoms with Gasteiger partial charge in [0.05, 0.1) is 0 Å². The number of benzene rings is 2. The fraction of sp³-hybridized carbons (Fsp3) is 0.444. The number of piperidine rings is 1. The van der Waals surface area contributed by atoms with Crippen LogP contribution in [0.15, 0.2) is 48.5 Å². The van der Waals surface area contributed by atoms with Crippen LogP contribution in [0.5, 0.6) is 0 Å². The number of hydrogen-bond donors (Lipinski definition) is 2. The maximum atomic E-state index is 13.1. The molecule has 4 rings (SSSR count). The number of aryl methyl sites for hydroxylation is 1. The summed E-state index contributed by atoms with van der Waals surface area (Å²) in [4.78, 5) is 40.4. The second-order valence-corrected chi connectivity index (χ2v) is 9.80. The molecule has 0 radical (unpaired) electrons. The second kappa shape index (κ2) is 11.0. The van der Waals surface area contributed by atoms with Crippen LogP contribution in [0.2, 0.25) is 5.02 Å². The summed E-state index contributed by atoms with van der Waals surface area (Å²) in [7, 11) is 0. The zero-order valence-corrected chi connectivity index (χ0v) is 20.3. The predicted octanol–water partition coefficient (Wildman–Crippen LogP) is 4.36. The monoisotopic (exact) mass is 481 g/mol. The Labute approximate surface area is 206 Å². The first-order valence-electron chi connectivity index (χ1n) is 12.1. The van der Waals surface area contributed by atoms with Crippen LogP contribution in [-0.2, 0) is 4.79 Å². The first-order valence-corrected chi connectivity index (χ1v) is 12.5. The van der Waals surface area contributed by atoms with Gasteiger partial charge in [-0.2, -0.15) is 0 Å². The maximum absolute atomic E-state index is 13.1. The van der Waals surface area contributed by atoms with E-state index >= 15 is 0 Å². The highest BCUT2D eigenvalue weighted by Crippen LogP contribution is 2.23. The summed E-state index contributed by atoms with van der Waals surface area (Å²) in [6, 6.07) is 14.3. The molecule has 2 aromatic rings. The average molecular weight is 482 g/mol. The van der Waals surface area contributed by atoms with Gasteiger partial charge in [-0.15, -0.1) is 0 Å². The second-order valence-electron chi connectivity index (χ2n) is 9.37. The van der Waals surface area contributed by atoms with Crippen LogP contribution in [0, 0.1) is 12.8 Å². The topological polar surface area (TPSA) is 78.5 Å². The fourth-order valence-electron chi connectivity index (χ4n) is 4.97. The van der Waals surface area contributed by atoms with Gasteiger partial charge >= 0.3 is 0 Å². The van der Waals surface area contributed by atoms with E-state index in [4.69, 9.17) is 11.6 Å². The van der Waals surface area contributed by atoms with Gasteiger partial charge in [0.2, 0.25) is 5.91 Å².